The van der Waals surface area contributed by atoms with E-state index in [1.54, 1.807) is 17.6 Å². The lowest BCUT2D eigenvalue weighted by atomic mass is 10.1. The molecule has 162 valence electrons. The molecule has 8 nitrogen and oxygen atoms in total. The van der Waals surface area contributed by atoms with Gasteiger partial charge in [0.05, 0.1) is 12.4 Å². The fourth-order valence-corrected chi connectivity index (χ4v) is 4.45. The molecule has 3 aromatic rings. The Kier molecular flexibility index (Phi) is 7.77. The van der Waals surface area contributed by atoms with Crippen LogP contribution in [-0.2, 0) is 16.1 Å². The van der Waals surface area contributed by atoms with Gasteiger partial charge in [0.15, 0.2) is 8.83 Å². The highest BCUT2D eigenvalue weighted by molar-refractivity contribution is 7.99. The molecule has 31 heavy (non-hydrogen) atoms. The molecule has 0 atom stereocenters. The van der Waals surface area contributed by atoms with Crippen molar-refractivity contribution in [3.8, 4) is 11.5 Å². The van der Waals surface area contributed by atoms with E-state index in [4.69, 9.17) is 21.4 Å². The van der Waals surface area contributed by atoms with Crippen LogP contribution in [0.2, 0.25) is 0 Å². The van der Waals surface area contributed by atoms with E-state index in [9.17, 15) is 9.59 Å². The molecule has 2 heterocycles. The van der Waals surface area contributed by atoms with Gasteiger partial charge in [-0.05, 0) is 38.2 Å². The highest BCUT2D eigenvalue weighted by atomic mass is 32.2. The number of nitrogens with one attached hydrogen (secondary N) is 1. The number of allylic oxidation sites excluding steroid dienone is 1. The average molecular weight is 477 g/mol. The molecule has 0 spiro atoms. The summed E-state index contributed by atoms with van der Waals surface area (Å²) < 4.78 is 12.8. The van der Waals surface area contributed by atoms with E-state index >= 15 is 0 Å². The number of ether oxygens (including phenoxy) is 1. The number of carbonyl (C=O) groups is 2. The number of benzene rings is 1. The Bertz CT molecular complexity index is 1170. The Hall–Kier alpha value is -2.76. The van der Waals surface area contributed by atoms with Crippen LogP contribution in [0.15, 0.2) is 46.6 Å². The first-order valence-corrected chi connectivity index (χ1v) is 11.5. The molecule has 0 aliphatic rings. The zero-order valence-corrected chi connectivity index (χ0v) is 19.4. The molecule has 0 bridgehead atoms. The summed E-state index contributed by atoms with van der Waals surface area (Å²) in [5.41, 5.74) is 1.89. The molecule has 1 N–H and O–H groups in total. The third-order valence-electron chi connectivity index (χ3n) is 3.92. The number of thiazole rings is 1. The van der Waals surface area contributed by atoms with E-state index in [1.807, 2.05) is 31.2 Å². The highest BCUT2D eigenvalue weighted by Crippen LogP contribution is 2.27. The van der Waals surface area contributed by atoms with Gasteiger partial charge in [0.1, 0.15) is 5.82 Å². The van der Waals surface area contributed by atoms with Gasteiger partial charge in [-0.15, -0.1) is 16.8 Å². The van der Waals surface area contributed by atoms with E-state index < -0.39 is 5.97 Å². The molecule has 0 saturated carbocycles. The molecule has 11 heteroatoms. The van der Waals surface area contributed by atoms with E-state index in [1.165, 1.54) is 0 Å². The molecular weight excluding hydrogens is 456 g/mol. The van der Waals surface area contributed by atoms with Crippen LogP contribution in [0.3, 0.4) is 0 Å². The molecule has 0 fully saturated rings. The maximum absolute atomic E-state index is 12.6. The average Bonchev–Trinajstić information content (AvgIpc) is 3.33. The van der Waals surface area contributed by atoms with Crippen LogP contribution in [0.1, 0.15) is 22.2 Å². The van der Waals surface area contributed by atoms with E-state index in [2.05, 4.69) is 22.1 Å². The van der Waals surface area contributed by atoms with Crippen molar-refractivity contribution < 1.29 is 18.7 Å². The summed E-state index contributed by atoms with van der Waals surface area (Å²) in [6, 6.07) is 7.69. The van der Waals surface area contributed by atoms with Gasteiger partial charge in [0.2, 0.25) is 11.8 Å². The van der Waals surface area contributed by atoms with Crippen molar-refractivity contribution in [2.75, 3.05) is 17.7 Å². The van der Waals surface area contributed by atoms with Crippen LogP contribution < -0.4 is 5.32 Å². The monoisotopic (exact) mass is 476 g/mol. The first-order valence-electron chi connectivity index (χ1n) is 9.27. The number of anilines is 1. The SMILES string of the molecule is C=CCn1c(NC(=O)CSc2nnc(-c3cccc(C)c3)o2)c(C(=O)OCC)sc1=S. The van der Waals surface area contributed by atoms with Crippen molar-refractivity contribution in [1.82, 2.24) is 14.8 Å². The van der Waals surface area contributed by atoms with Gasteiger partial charge in [-0.2, -0.15) is 0 Å². The minimum Gasteiger partial charge on any atom is -0.462 e. The van der Waals surface area contributed by atoms with Crippen molar-refractivity contribution in [2.45, 2.75) is 25.6 Å². The number of aromatic nitrogens is 3. The predicted molar refractivity (Wildman–Crippen MR) is 123 cm³/mol. The van der Waals surface area contributed by atoms with Gasteiger partial charge in [-0.1, -0.05) is 46.9 Å². The molecule has 0 aliphatic heterocycles. The van der Waals surface area contributed by atoms with Gasteiger partial charge in [0, 0.05) is 12.1 Å². The third kappa shape index (κ3) is 5.69. The topological polar surface area (TPSA) is 99.3 Å². The van der Waals surface area contributed by atoms with Gasteiger partial charge < -0.3 is 19.0 Å². The van der Waals surface area contributed by atoms with Gasteiger partial charge in [0.25, 0.3) is 5.22 Å². The number of nitrogens with zero attached hydrogens (tertiary/aromatic N) is 3. The third-order valence-corrected chi connectivity index (χ3v) is 6.17. The fraction of sp³-hybridized carbons (Fsp3) is 0.250. The minimum atomic E-state index is -0.538. The fourth-order valence-electron chi connectivity index (χ4n) is 2.62. The van der Waals surface area contributed by atoms with Crippen LogP contribution >= 0.6 is 35.3 Å². The van der Waals surface area contributed by atoms with E-state index in [0.717, 1.165) is 34.2 Å². The Morgan fingerprint density at radius 1 is 1.42 bits per heavy atom. The highest BCUT2D eigenvalue weighted by Gasteiger charge is 2.22. The smallest absolute Gasteiger partial charge is 0.352 e. The van der Waals surface area contributed by atoms with Crippen LogP contribution in [-0.4, -0.2) is 39.0 Å². The summed E-state index contributed by atoms with van der Waals surface area (Å²) >= 11 is 7.50. The summed E-state index contributed by atoms with van der Waals surface area (Å²) in [6.07, 6.45) is 1.63. The Morgan fingerprint density at radius 2 is 2.23 bits per heavy atom. The number of aryl methyl sites for hydroxylation is 1. The second-order valence-electron chi connectivity index (χ2n) is 6.24. The molecule has 0 saturated heterocycles. The largest absolute Gasteiger partial charge is 0.462 e. The summed E-state index contributed by atoms with van der Waals surface area (Å²) in [6.45, 7) is 7.94. The van der Waals surface area contributed by atoms with Gasteiger partial charge in [-0.25, -0.2) is 4.79 Å². The lowest BCUT2D eigenvalue weighted by molar-refractivity contribution is -0.113. The van der Waals surface area contributed by atoms with Crippen molar-refractivity contribution >= 4 is 53.0 Å². The molecule has 3 rings (SSSR count). The molecule has 0 aliphatic carbocycles. The number of esters is 1. The molecular formula is C20H20N4O4S3. The lowest BCUT2D eigenvalue weighted by Crippen LogP contribution is -2.19. The second-order valence-corrected chi connectivity index (χ2v) is 8.82. The minimum absolute atomic E-state index is 0.00835. The standard InChI is InChI=1S/C20H20N4O4S3/c1-4-9-24-16(15(31-20(24)29)18(26)27-5-2)21-14(25)11-30-19-23-22-17(28-19)13-8-6-7-12(3)10-13/h4,6-8,10H,1,5,9,11H2,2-3H3,(H,21,25). The number of carbonyl (C=O) groups excluding carboxylic acids is 2. The predicted octanol–water partition coefficient (Wildman–Crippen LogP) is 4.73. The Balaban J connectivity index is 1.70. The van der Waals surface area contributed by atoms with Crippen LogP contribution in [0.5, 0.6) is 0 Å². The van der Waals surface area contributed by atoms with Crippen LogP contribution in [0.4, 0.5) is 5.82 Å². The Morgan fingerprint density at radius 3 is 2.94 bits per heavy atom. The number of amides is 1. The maximum atomic E-state index is 12.6. The summed E-state index contributed by atoms with van der Waals surface area (Å²) in [7, 11) is 0. The summed E-state index contributed by atoms with van der Waals surface area (Å²) in [5, 5.41) is 11.0. The zero-order chi connectivity index (χ0) is 22.4. The van der Waals surface area contributed by atoms with Crippen molar-refractivity contribution in [1.29, 1.82) is 0 Å². The Labute approximate surface area is 192 Å². The molecule has 2 aromatic heterocycles. The van der Waals surface area contributed by atoms with Crippen molar-refractivity contribution in [3.05, 3.63) is 51.3 Å². The molecule has 1 aromatic carbocycles. The first kappa shape index (κ1) is 22.9. The van der Waals surface area contributed by atoms with Crippen molar-refractivity contribution in [2.24, 2.45) is 0 Å². The second kappa shape index (κ2) is 10.5. The zero-order valence-electron chi connectivity index (χ0n) is 16.9. The number of rotatable bonds is 9. The number of hydrogen-bond donors (Lipinski definition) is 1. The molecule has 0 radical (unpaired) electrons. The maximum Gasteiger partial charge on any atom is 0.352 e. The van der Waals surface area contributed by atoms with Gasteiger partial charge >= 0.3 is 5.97 Å². The van der Waals surface area contributed by atoms with Crippen LogP contribution in [0.25, 0.3) is 11.5 Å². The van der Waals surface area contributed by atoms with Gasteiger partial charge in [-0.3, -0.25) is 4.79 Å². The number of hydrogen-bond acceptors (Lipinski definition) is 9. The van der Waals surface area contributed by atoms with Crippen LogP contribution in [0, 0.1) is 10.9 Å². The normalized spacial score (nSPS) is 10.6. The van der Waals surface area contributed by atoms with E-state index in [0.29, 0.717) is 22.2 Å². The van der Waals surface area contributed by atoms with Crippen molar-refractivity contribution in [3.63, 3.8) is 0 Å². The quantitative estimate of drug-likeness (QED) is 0.205. The summed E-state index contributed by atoms with van der Waals surface area (Å²) in [4.78, 5) is 25.1. The number of thioether (sulfide) groups is 1. The lowest BCUT2D eigenvalue weighted by Gasteiger charge is -2.10. The molecule has 0 unspecified atom stereocenters. The molecule has 1 amide bonds. The summed E-state index contributed by atoms with van der Waals surface area (Å²) in [5.74, 6) is -0.201. The van der Waals surface area contributed by atoms with E-state index in [-0.39, 0.29) is 28.4 Å². The first-order chi connectivity index (χ1) is 14.9.